The molecule has 1 aromatic heterocycles. The second-order valence-electron chi connectivity index (χ2n) is 8.97. The zero-order chi connectivity index (χ0) is 22.2. The van der Waals surface area contributed by atoms with Crippen molar-refractivity contribution in [3.05, 3.63) is 29.3 Å². The predicted octanol–water partition coefficient (Wildman–Crippen LogP) is 2.60. The van der Waals surface area contributed by atoms with Gasteiger partial charge >= 0.3 is 0 Å². The molecular formula is C23H30N6O2S. The summed E-state index contributed by atoms with van der Waals surface area (Å²) in [5.41, 5.74) is 3.82. The van der Waals surface area contributed by atoms with Crippen LogP contribution < -0.4 is 14.7 Å². The summed E-state index contributed by atoms with van der Waals surface area (Å²) < 4.78 is 0. The van der Waals surface area contributed by atoms with Gasteiger partial charge in [0.1, 0.15) is 6.04 Å². The van der Waals surface area contributed by atoms with Crippen LogP contribution in [0.4, 0.5) is 16.0 Å². The second kappa shape index (κ2) is 8.69. The molecule has 3 saturated heterocycles. The predicted molar refractivity (Wildman–Crippen MR) is 127 cm³/mol. The lowest BCUT2D eigenvalue weighted by molar-refractivity contribution is -0.132. The van der Waals surface area contributed by atoms with Crippen LogP contribution in [0, 0.1) is 13.8 Å². The summed E-state index contributed by atoms with van der Waals surface area (Å²) in [7, 11) is 0. The van der Waals surface area contributed by atoms with Gasteiger partial charge in [-0.2, -0.15) is 0 Å². The minimum absolute atomic E-state index is 0.114. The Bertz CT molecular complexity index is 1020. The highest BCUT2D eigenvalue weighted by atomic mass is 32.1. The molecule has 32 heavy (non-hydrogen) atoms. The summed E-state index contributed by atoms with van der Waals surface area (Å²) in [5, 5.41) is 10.0. The SMILES string of the molecule is Cc1ccc(C)c(N2CCN(C(=O)[C@@H]3CCCN3c3nnc(N4CCCC4=O)s3)CC2)c1. The fraction of sp³-hybridized carbons (Fsp3) is 0.565. The molecule has 1 aromatic carbocycles. The third-order valence-electron chi connectivity index (χ3n) is 6.79. The van der Waals surface area contributed by atoms with Crippen LogP contribution >= 0.6 is 11.3 Å². The number of aromatic nitrogens is 2. The Morgan fingerprint density at radius 1 is 1.00 bits per heavy atom. The molecule has 8 nitrogen and oxygen atoms in total. The topological polar surface area (TPSA) is 72.9 Å². The molecule has 2 amide bonds. The Labute approximate surface area is 192 Å². The van der Waals surface area contributed by atoms with E-state index in [4.69, 9.17) is 0 Å². The molecule has 0 N–H and O–H groups in total. The summed E-state index contributed by atoms with van der Waals surface area (Å²) in [6.07, 6.45) is 3.25. The largest absolute Gasteiger partial charge is 0.368 e. The number of hydrogen-bond donors (Lipinski definition) is 0. The number of rotatable bonds is 4. The van der Waals surface area contributed by atoms with E-state index in [0.717, 1.165) is 57.1 Å². The molecule has 3 aliphatic heterocycles. The molecule has 5 rings (SSSR count). The van der Waals surface area contributed by atoms with Gasteiger partial charge < -0.3 is 14.7 Å². The first-order chi connectivity index (χ1) is 15.5. The van der Waals surface area contributed by atoms with Crippen LogP contribution in [0.1, 0.15) is 36.8 Å². The highest BCUT2D eigenvalue weighted by Crippen LogP contribution is 2.34. The van der Waals surface area contributed by atoms with Crippen molar-refractivity contribution in [1.82, 2.24) is 15.1 Å². The molecule has 0 aliphatic carbocycles. The summed E-state index contributed by atoms with van der Waals surface area (Å²) in [4.78, 5) is 33.7. The van der Waals surface area contributed by atoms with Crippen molar-refractivity contribution in [3.63, 3.8) is 0 Å². The maximum Gasteiger partial charge on any atom is 0.245 e. The molecule has 2 aromatic rings. The number of carbonyl (C=O) groups is 2. The molecule has 1 atom stereocenters. The Balaban J connectivity index is 1.24. The molecule has 4 heterocycles. The van der Waals surface area contributed by atoms with Crippen molar-refractivity contribution in [1.29, 1.82) is 0 Å². The Morgan fingerprint density at radius 2 is 1.78 bits per heavy atom. The third kappa shape index (κ3) is 3.94. The van der Waals surface area contributed by atoms with E-state index in [-0.39, 0.29) is 17.9 Å². The van der Waals surface area contributed by atoms with E-state index in [1.165, 1.54) is 28.2 Å². The van der Waals surface area contributed by atoms with Crippen LogP contribution in [0.25, 0.3) is 0 Å². The number of amides is 2. The van der Waals surface area contributed by atoms with E-state index < -0.39 is 0 Å². The fourth-order valence-electron chi connectivity index (χ4n) is 4.97. The average Bonchev–Trinajstić information content (AvgIpc) is 3.55. The highest BCUT2D eigenvalue weighted by Gasteiger charge is 2.37. The normalized spacial score (nSPS) is 21.7. The second-order valence-corrected chi connectivity index (χ2v) is 9.90. The van der Waals surface area contributed by atoms with Gasteiger partial charge in [-0.25, -0.2) is 0 Å². The van der Waals surface area contributed by atoms with Gasteiger partial charge in [0, 0.05) is 51.4 Å². The van der Waals surface area contributed by atoms with Crippen LogP contribution in [0.2, 0.25) is 0 Å². The molecule has 9 heteroatoms. The van der Waals surface area contributed by atoms with Crippen molar-refractivity contribution < 1.29 is 9.59 Å². The van der Waals surface area contributed by atoms with Crippen molar-refractivity contribution in [2.24, 2.45) is 0 Å². The maximum atomic E-state index is 13.4. The average molecular weight is 455 g/mol. The van der Waals surface area contributed by atoms with Gasteiger partial charge in [-0.05, 0) is 50.3 Å². The zero-order valence-electron chi connectivity index (χ0n) is 18.8. The van der Waals surface area contributed by atoms with Crippen LogP contribution in [-0.2, 0) is 9.59 Å². The highest BCUT2D eigenvalue weighted by molar-refractivity contribution is 7.19. The van der Waals surface area contributed by atoms with Gasteiger partial charge in [0.2, 0.25) is 22.1 Å². The van der Waals surface area contributed by atoms with Crippen LogP contribution in [0.5, 0.6) is 0 Å². The smallest absolute Gasteiger partial charge is 0.245 e. The quantitative estimate of drug-likeness (QED) is 0.707. The summed E-state index contributed by atoms with van der Waals surface area (Å²) in [6, 6.07) is 6.37. The minimum Gasteiger partial charge on any atom is -0.368 e. The first-order valence-electron chi connectivity index (χ1n) is 11.5. The molecular weight excluding hydrogens is 424 g/mol. The molecule has 170 valence electrons. The van der Waals surface area contributed by atoms with Crippen molar-refractivity contribution in [2.45, 2.75) is 45.6 Å². The lowest BCUT2D eigenvalue weighted by atomic mass is 10.1. The number of carbonyl (C=O) groups excluding carboxylic acids is 2. The summed E-state index contributed by atoms with van der Waals surface area (Å²) >= 11 is 1.43. The number of hydrogen-bond acceptors (Lipinski definition) is 7. The standard InChI is InChI=1S/C23H30N6O2S/c1-16-7-8-17(2)19(15-16)26-11-13-27(14-12-26)21(31)18-5-3-9-28(18)22-24-25-23(32-22)29-10-4-6-20(29)30/h7-8,15,18H,3-6,9-14H2,1-2H3/t18-/m0/s1. The van der Waals surface area contributed by atoms with Crippen LogP contribution in [0.3, 0.4) is 0 Å². The third-order valence-corrected chi connectivity index (χ3v) is 7.77. The van der Waals surface area contributed by atoms with Gasteiger partial charge in [0.25, 0.3) is 0 Å². The first-order valence-corrected chi connectivity index (χ1v) is 12.3. The van der Waals surface area contributed by atoms with Crippen molar-refractivity contribution in [2.75, 3.05) is 54.0 Å². The monoisotopic (exact) mass is 454 g/mol. The van der Waals surface area contributed by atoms with Gasteiger partial charge in [0.05, 0.1) is 0 Å². The Hall–Kier alpha value is -2.68. The molecule has 0 saturated carbocycles. The van der Waals surface area contributed by atoms with E-state index in [0.29, 0.717) is 18.1 Å². The van der Waals surface area contributed by atoms with Gasteiger partial charge in [-0.1, -0.05) is 23.5 Å². The number of aryl methyl sites for hydroxylation is 2. The Kier molecular flexibility index (Phi) is 5.75. The summed E-state index contributed by atoms with van der Waals surface area (Å²) in [5.74, 6) is 0.306. The minimum atomic E-state index is -0.183. The first kappa shape index (κ1) is 21.2. The van der Waals surface area contributed by atoms with E-state index in [2.05, 4.69) is 52.0 Å². The van der Waals surface area contributed by atoms with Crippen molar-refractivity contribution in [3.8, 4) is 0 Å². The number of anilines is 3. The van der Waals surface area contributed by atoms with E-state index in [1.807, 2.05) is 4.90 Å². The molecule has 3 aliphatic rings. The van der Waals surface area contributed by atoms with Gasteiger partial charge in [-0.15, -0.1) is 10.2 Å². The van der Waals surface area contributed by atoms with Crippen LogP contribution in [-0.4, -0.2) is 72.2 Å². The van der Waals surface area contributed by atoms with E-state index in [9.17, 15) is 9.59 Å². The maximum absolute atomic E-state index is 13.4. The molecule has 0 unspecified atom stereocenters. The van der Waals surface area contributed by atoms with E-state index >= 15 is 0 Å². The van der Waals surface area contributed by atoms with Crippen molar-refractivity contribution >= 4 is 39.1 Å². The fourth-order valence-corrected chi connectivity index (χ4v) is 5.94. The lowest BCUT2D eigenvalue weighted by Crippen LogP contribution is -2.54. The van der Waals surface area contributed by atoms with Gasteiger partial charge in [-0.3, -0.25) is 14.5 Å². The molecule has 3 fully saturated rings. The van der Waals surface area contributed by atoms with Gasteiger partial charge in [0.15, 0.2) is 0 Å². The molecule has 0 spiro atoms. The molecule has 0 bridgehead atoms. The summed E-state index contributed by atoms with van der Waals surface area (Å²) in [6.45, 7) is 8.96. The number of nitrogens with zero attached hydrogens (tertiary/aromatic N) is 6. The lowest BCUT2D eigenvalue weighted by Gasteiger charge is -2.38. The number of piperazine rings is 1. The van der Waals surface area contributed by atoms with E-state index in [1.54, 1.807) is 4.90 Å². The van der Waals surface area contributed by atoms with Crippen LogP contribution in [0.15, 0.2) is 18.2 Å². The number of benzene rings is 1. The molecule has 0 radical (unpaired) electrons. The zero-order valence-corrected chi connectivity index (χ0v) is 19.6. The Morgan fingerprint density at radius 3 is 2.53 bits per heavy atom.